The van der Waals surface area contributed by atoms with Crippen molar-refractivity contribution in [3.05, 3.63) is 41.6 Å². The van der Waals surface area contributed by atoms with Crippen LogP contribution in [0.3, 0.4) is 0 Å². The lowest BCUT2D eigenvalue weighted by molar-refractivity contribution is -0.594. The molecule has 3 aliphatic heterocycles. The number of benzene rings is 1. The van der Waals surface area contributed by atoms with Crippen molar-refractivity contribution in [1.29, 1.82) is 0 Å². The van der Waals surface area contributed by atoms with Gasteiger partial charge in [-0.1, -0.05) is 24.3 Å². The van der Waals surface area contributed by atoms with Crippen LogP contribution in [0.15, 0.2) is 30.5 Å². The van der Waals surface area contributed by atoms with E-state index in [0.717, 1.165) is 19.5 Å². The number of fused-ring (bicyclic) bond motifs is 3. The van der Waals surface area contributed by atoms with E-state index in [4.69, 9.17) is 4.74 Å². The van der Waals surface area contributed by atoms with Crippen LogP contribution in [-0.2, 0) is 4.74 Å². The topological polar surface area (TPSA) is 69.6 Å². The molecule has 6 heteroatoms. The van der Waals surface area contributed by atoms with Crippen molar-refractivity contribution in [3.8, 4) is 0 Å². The molecule has 2 fully saturated rings. The minimum Gasteiger partial charge on any atom is -0.444 e. The molecule has 0 radical (unpaired) electrons. The molecule has 1 aliphatic carbocycles. The molecule has 1 saturated heterocycles. The van der Waals surface area contributed by atoms with Crippen molar-refractivity contribution < 1.29 is 20.0 Å². The van der Waals surface area contributed by atoms with E-state index in [1.54, 1.807) is 4.90 Å². The van der Waals surface area contributed by atoms with Crippen molar-refractivity contribution in [3.63, 3.8) is 0 Å². The Labute approximate surface area is 166 Å². The first kappa shape index (κ1) is 18.0. The fourth-order valence-electron chi connectivity index (χ4n) is 5.66. The van der Waals surface area contributed by atoms with Crippen LogP contribution in [0.4, 0.5) is 4.79 Å². The van der Waals surface area contributed by atoms with E-state index in [0.29, 0.717) is 13.1 Å². The quantitative estimate of drug-likeness (QED) is 0.776. The van der Waals surface area contributed by atoms with Gasteiger partial charge in [0.25, 0.3) is 0 Å². The lowest BCUT2D eigenvalue weighted by Gasteiger charge is -2.50. The molecule has 5 rings (SSSR count). The Morgan fingerprint density at radius 2 is 2.04 bits per heavy atom. The molecule has 1 aromatic carbocycles. The molecule has 1 saturated carbocycles. The van der Waals surface area contributed by atoms with Crippen LogP contribution in [0.25, 0.3) is 5.70 Å². The Bertz CT molecular complexity index is 838. The highest BCUT2D eigenvalue weighted by Gasteiger charge is 2.60. The summed E-state index contributed by atoms with van der Waals surface area (Å²) in [6.07, 6.45) is 3.51. The Morgan fingerprint density at radius 3 is 2.79 bits per heavy atom. The van der Waals surface area contributed by atoms with Crippen LogP contribution in [0.5, 0.6) is 0 Å². The standard InChI is InChI=1S/C22H29N3O3/c1-21(2,3)28-20(27)24-11-22(12-24)9-8-16(19(22)26)18-15-7-5-4-6-14(15)17-10-23-13-25(17)18/h4-7,10,16,18-19,23,26H,8-9,11-13H2,1-3H3/p+1/t16-,18-,19-/m1/s1. The summed E-state index contributed by atoms with van der Waals surface area (Å²) < 4.78 is 5.50. The molecule has 3 heterocycles. The summed E-state index contributed by atoms with van der Waals surface area (Å²) in [6, 6.07) is 8.83. The maximum absolute atomic E-state index is 12.3. The molecule has 1 amide bonds. The first-order chi connectivity index (χ1) is 13.3. The van der Waals surface area contributed by atoms with Crippen LogP contribution < -0.4 is 5.32 Å². The van der Waals surface area contributed by atoms with Gasteiger partial charge in [-0.3, -0.25) is 0 Å². The first-order valence-electron chi connectivity index (χ1n) is 10.3. The molecule has 1 aromatic rings. The fourth-order valence-corrected chi connectivity index (χ4v) is 5.66. The zero-order chi connectivity index (χ0) is 19.7. The molecule has 0 unspecified atom stereocenters. The number of quaternary nitrogens is 1. The molecule has 0 bridgehead atoms. The molecular formula is C22H30N3O3+. The lowest BCUT2D eigenvalue weighted by Crippen LogP contribution is -2.78. The number of amides is 1. The summed E-state index contributed by atoms with van der Waals surface area (Å²) in [4.78, 5) is 16.5. The van der Waals surface area contributed by atoms with Gasteiger partial charge in [-0.15, -0.1) is 0 Å². The average molecular weight is 385 g/mol. The van der Waals surface area contributed by atoms with E-state index in [-0.39, 0.29) is 23.5 Å². The minimum absolute atomic E-state index is 0.174. The van der Waals surface area contributed by atoms with Crippen LogP contribution in [0.1, 0.15) is 50.8 Å². The summed E-state index contributed by atoms with van der Waals surface area (Å²) in [6.45, 7) is 7.77. The van der Waals surface area contributed by atoms with E-state index >= 15 is 0 Å². The predicted molar refractivity (Wildman–Crippen MR) is 105 cm³/mol. The van der Waals surface area contributed by atoms with Crippen LogP contribution in [0, 0.1) is 11.3 Å². The van der Waals surface area contributed by atoms with Crippen molar-refractivity contribution in [2.75, 3.05) is 19.8 Å². The average Bonchev–Trinajstić information content (AvgIpc) is 3.25. The number of ether oxygens (including phenoxy) is 1. The van der Waals surface area contributed by atoms with Gasteiger partial charge in [0.1, 0.15) is 17.5 Å². The van der Waals surface area contributed by atoms with Crippen molar-refractivity contribution >= 4 is 11.8 Å². The maximum atomic E-state index is 12.3. The van der Waals surface area contributed by atoms with Gasteiger partial charge in [0.05, 0.1) is 12.1 Å². The van der Waals surface area contributed by atoms with Crippen molar-refractivity contribution in [2.45, 2.75) is 51.4 Å². The third-order valence-corrected chi connectivity index (χ3v) is 6.86. The SMILES string of the molecule is CC(C)(C)OC(=O)N1CC2(CC[C@H]([C@H]3c4ccccc4C4=C[NH2+]CN43)[C@H]2O)C1. The molecule has 4 aliphatic rings. The van der Waals surface area contributed by atoms with Gasteiger partial charge in [-0.2, -0.15) is 0 Å². The smallest absolute Gasteiger partial charge is 0.410 e. The van der Waals surface area contributed by atoms with Gasteiger partial charge in [-0.05, 0) is 39.2 Å². The van der Waals surface area contributed by atoms with E-state index in [1.807, 2.05) is 20.8 Å². The summed E-state index contributed by atoms with van der Waals surface area (Å²) in [5, 5.41) is 13.6. The van der Waals surface area contributed by atoms with Crippen LogP contribution >= 0.6 is 0 Å². The molecule has 0 aromatic heterocycles. The maximum Gasteiger partial charge on any atom is 0.410 e. The number of rotatable bonds is 1. The summed E-state index contributed by atoms with van der Waals surface area (Å²) in [5.74, 6) is 0.194. The lowest BCUT2D eigenvalue weighted by atomic mass is 9.74. The second-order valence-corrected chi connectivity index (χ2v) is 9.82. The van der Waals surface area contributed by atoms with Crippen LogP contribution in [0.2, 0.25) is 0 Å². The van der Waals surface area contributed by atoms with Gasteiger partial charge in [-0.25, -0.2) is 4.79 Å². The highest BCUT2D eigenvalue weighted by molar-refractivity contribution is 5.72. The Morgan fingerprint density at radius 1 is 1.29 bits per heavy atom. The number of carbonyl (C=O) groups is 1. The fraction of sp³-hybridized carbons (Fsp3) is 0.591. The number of nitrogens with two attached hydrogens (primary N) is 1. The second-order valence-electron chi connectivity index (χ2n) is 9.82. The summed E-state index contributed by atoms with van der Waals surface area (Å²) in [5.41, 5.74) is 3.27. The highest BCUT2D eigenvalue weighted by Crippen LogP contribution is 2.56. The molecule has 6 nitrogen and oxygen atoms in total. The largest absolute Gasteiger partial charge is 0.444 e. The zero-order valence-corrected chi connectivity index (χ0v) is 16.9. The Hall–Kier alpha value is -2.05. The Balaban J connectivity index is 1.34. The number of aliphatic hydroxyl groups excluding tert-OH is 1. The molecule has 3 N–H and O–H groups in total. The third kappa shape index (κ3) is 2.58. The molecule has 28 heavy (non-hydrogen) atoms. The van der Waals surface area contributed by atoms with E-state index in [2.05, 4.69) is 40.7 Å². The number of likely N-dealkylation sites (tertiary alicyclic amines) is 1. The molecule has 1 spiro atoms. The number of aliphatic hydroxyl groups is 1. The van der Waals surface area contributed by atoms with E-state index < -0.39 is 11.7 Å². The number of carbonyl (C=O) groups excluding carboxylic acids is 1. The van der Waals surface area contributed by atoms with Gasteiger partial charge in [0.15, 0.2) is 6.67 Å². The predicted octanol–water partition coefficient (Wildman–Crippen LogP) is 1.88. The zero-order valence-electron chi connectivity index (χ0n) is 16.9. The van der Waals surface area contributed by atoms with E-state index in [1.165, 1.54) is 16.8 Å². The summed E-state index contributed by atoms with van der Waals surface area (Å²) in [7, 11) is 0. The van der Waals surface area contributed by atoms with Gasteiger partial charge < -0.3 is 25.0 Å². The summed E-state index contributed by atoms with van der Waals surface area (Å²) >= 11 is 0. The molecule has 150 valence electrons. The molecular weight excluding hydrogens is 354 g/mol. The monoisotopic (exact) mass is 384 g/mol. The van der Waals surface area contributed by atoms with Crippen molar-refractivity contribution in [2.24, 2.45) is 11.3 Å². The van der Waals surface area contributed by atoms with E-state index in [9.17, 15) is 9.90 Å². The van der Waals surface area contributed by atoms with Crippen molar-refractivity contribution in [1.82, 2.24) is 9.80 Å². The van der Waals surface area contributed by atoms with Crippen LogP contribution in [-0.4, -0.2) is 52.5 Å². The van der Waals surface area contributed by atoms with Gasteiger partial charge >= 0.3 is 6.09 Å². The van der Waals surface area contributed by atoms with Gasteiger partial charge in [0, 0.05) is 30.0 Å². The normalized spacial score (nSPS) is 30.1. The number of hydrogen-bond donors (Lipinski definition) is 2. The second kappa shape index (κ2) is 5.97. The number of nitrogens with zero attached hydrogens (tertiary/aromatic N) is 2. The van der Waals surface area contributed by atoms with Gasteiger partial charge in [0.2, 0.25) is 0 Å². The number of hydrogen-bond acceptors (Lipinski definition) is 4. The third-order valence-electron chi connectivity index (χ3n) is 6.86. The molecule has 3 atom stereocenters. The first-order valence-corrected chi connectivity index (χ1v) is 10.3. The highest BCUT2D eigenvalue weighted by atomic mass is 16.6. The minimum atomic E-state index is -0.487. The Kier molecular flexibility index (Phi) is 3.84.